The van der Waals surface area contributed by atoms with E-state index in [0.717, 1.165) is 0 Å². The summed E-state index contributed by atoms with van der Waals surface area (Å²) in [5.41, 5.74) is 0. The minimum atomic E-state index is 0.438. The van der Waals surface area contributed by atoms with Crippen LogP contribution in [0.2, 0.25) is 0 Å². The molecule has 8 heavy (non-hydrogen) atoms. The Labute approximate surface area is 45.7 Å². The quantitative estimate of drug-likeness (QED) is 0.423. The van der Waals surface area contributed by atoms with Crippen molar-refractivity contribution < 1.29 is 4.52 Å². The van der Waals surface area contributed by atoms with Crippen molar-refractivity contribution in [3.8, 4) is 6.19 Å². The highest BCUT2D eigenvalue weighted by atomic mass is 16.5. The number of hydrogen-bond donors (Lipinski definition) is 1. The molecule has 4 heteroatoms. The maximum atomic E-state index is 8.00. The van der Waals surface area contributed by atoms with Crippen LogP contribution in [-0.4, -0.2) is 5.16 Å². The van der Waals surface area contributed by atoms with Gasteiger partial charge in [0.15, 0.2) is 12.0 Å². The number of nitrogens with one attached hydrogen (secondary N) is 1. The first-order valence-corrected chi connectivity index (χ1v) is 1.99. The molecule has 1 heterocycles. The molecule has 0 fully saturated rings. The molecule has 0 radical (unpaired) electrons. The summed E-state index contributed by atoms with van der Waals surface area (Å²) in [5, 5.41) is 13.7. The Kier molecular flexibility index (Phi) is 1.15. The van der Waals surface area contributed by atoms with Gasteiger partial charge >= 0.3 is 0 Å². The van der Waals surface area contributed by atoms with Crippen LogP contribution in [0.4, 0.5) is 5.82 Å². The third kappa shape index (κ3) is 0.763. The van der Waals surface area contributed by atoms with Crippen molar-refractivity contribution in [1.82, 2.24) is 5.16 Å². The number of aromatic nitrogens is 1. The highest BCUT2D eigenvalue weighted by Gasteiger charge is 1.88. The van der Waals surface area contributed by atoms with Gasteiger partial charge in [0.2, 0.25) is 0 Å². The smallest absolute Gasteiger partial charge is 0.182 e. The van der Waals surface area contributed by atoms with E-state index in [1.54, 1.807) is 12.3 Å². The molecule has 0 aliphatic heterocycles. The maximum Gasteiger partial charge on any atom is 0.182 e. The summed E-state index contributed by atoms with van der Waals surface area (Å²) in [5.74, 6) is 0.438. The molecule has 0 amide bonds. The van der Waals surface area contributed by atoms with Crippen molar-refractivity contribution in [2.75, 3.05) is 5.32 Å². The van der Waals surface area contributed by atoms with Gasteiger partial charge in [-0.05, 0) is 0 Å². The molecule has 1 rings (SSSR count). The molecular weight excluding hydrogens is 106 g/mol. The van der Waals surface area contributed by atoms with Crippen LogP contribution in [0, 0.1) is 11.5 Å². The number of rotatable bonds is 1. The summed E-state index contributed by atoms with van der Waals surface area (Å²) in [4.78, 5) is 0. The average molecular weight is 109 g/mol. The lowest BCUT2D eigenvalue weighted by Gasteiger charge is -1.78. The molecule has 0 unspecified atom stereocenters. The van der Waals surface area contributed by atoms with Crippen molar-refractivity contribution in [2.24, 2.45) is 0 Å². The molecule has 0 atom stereocenters. The van der Waals surface area contributed by atoms with E-state index in [4.69, 9.17) is 5.26 Å². The molecule has 40 valence electrons. The van der Waals surface area contributed by atoms with E-state index in [9.17, 15) is 0 Å². The lowest BCUT2D eigenvalue weighted by Crippen LogP contribution is -1.84. The fourth-order valence-electron chi connectivity index (χ4n) is 0.334. The van der Waals surface area contributed by atoms with Gasteiger partial charge in [0.1, 0.15) is 6.26 Å². The third-order valence-electron chi connectivity index (χ3n) is 0.622. The highest BCUT2D eigenvalue weighted by molar-refractivity contribution is 5.34. The van der Waals surface area contributed by atoms with E-state index < -0.39 is 0 Å². The molecule has 1 aromatic rings. The van der Waals surface area contributed by atoms with E-state index >= 15 is 0 Å². The summed E-state index contributed by atoms with van der Waals surface area (Å²) in [7, 11) is 0. The summed E-state index contributed by atoms with van der Waals surface area (Å²) < 4.78 is 4.40. The average Bonchev–Trinajstić information content (AvgIpc) is 2.19. The van der Waals surface area contributed by atoms with E-state index in [0.29, 0.717) is 5.82 Å². The molecule has 1 aromatic heterocycles. The lowest BCUT2D eigenvalue weighted by atomic mass is 10.6. The first-order chi connectivity index (χ1) is 3.93. The van der Waals surface area contributed by atoms with Gasteiger partial charge in [-0.2, -0.15) is 5.26 Å². The van der Waals surface area contributed by atoms with Crippen LogP contribution in [0.1, 0.15) is 0 Å². The lowest BCUT2D eigenvalue weighted by molar-refractivity contribution is 0.423. The normalized spacial score (nSPS) is 7.88. The van der Waals surface area contributed by atoms with Crippen LogP contribution in [-0.2, 0) is 0 Å². The van der Waals surface area contributed by atoms with E-state index in [1.807, 2.05) is 0 Å². The monoisotopic (exact) mass is 109 g/mol. The Hall–Kier alpha value is -1.50. The predicted octanol–water partition coefficient (Wildman–Crippen LogP) is 0.568. The van der Waals surface area contributed by atoms with Crippen LogP contribution in [0.25, 0.3) is 0 Å². The summed E-state index contributed by atoms with van der Waals surface area (Å²) in [6.07, 6.45) is 3.09. The minimum Gasteiger partial charge on any atom is -0.363 e. The second-order valence-electron chi connectivity index (χ2n) is 1.12. The van der Waals surface area contributed by atoms with Gasteiger partial charge < -0.3 is 4.52 Å². The van der Waals surface area contributed by atoms with Gasteiger partial charge in [0, 0.05) is 6.07 Å². The Balaban J connectivity index is 2.67. The molecule has 0 aromatic carbocycles. The molecule has 4 nitrogen and oxygen atoms in total. The van der Waals surface area contributed by atoms with E-state index in [2.05, 4.69) is 15.0 Å². The number of anilines is 1. The highest BCUT2D eigenvalue weighted by Crippen LogP contribution is 1.97. The van der Waals surface area contributed by atoms with Crippen LogP contribution < -0.4 is 5.32 Å². The van der Waals surface area contributed by atoms with Crippen LogP contribution in [0.3, 0.4) is 0 Å². The van der Waals surface area contributed by atoms with E-state index in [-0.39, 0.29) is 0 Å². The molecule has 0 aliphatic carbocycles. The van der Waals surface area contributed by atoms with Gasteiger partial charge in [-0.3, -0.25) is 5.32 Å². The second-order valence-corrected chi connectivity index (χ2v) is 1.12. The standard InChI is InChI=1S/C4H3N3O/c5-3-6-4-1-2-8-7-4/h1-2H,(H,6,7). The number of hydrogen-bond acceptors (Lipinski definition) is 4. The Bertz CT molecular complexity index is 186. The number of nitriles is 1. The fraction of sp³-hybridized carbons (Fsp3) is 0. The molecule has 0 bridgehead atoms. The molecular formula is C4H3N3O. The predicted molar refractivity (Wildman–Crippen MR) is 25.7 cm³/mol. The van der Waals surface area contributed by atoms with Crippen molar-refractivity contribution >= 4 is 5.82 Å². The molecule has 0 spiro atoms. The third-order valence-corrected chi connectivity index (χ3v) is 0.622. The van der Waals surface area contributed by atoms with Crippen molar-refractivity contribution in [3.63, 3.8) is 0 Å². The van der Waals surface area contributed by atoms with Crippen molar-refractivity contribution in [2.45, 2.75) is 0 Å². The van der Waals surface area contributed by atoms with E-state index in [1.165, 1.54) is 6.26 Å². The minimum absolute atomic E-state index is 0.438. The topological polar surface area (TPSA) is 61.9 Å². The van der Waals surface area contributed by atoms with Crippen LogP contribution in [0.15, 0.2) is 16.9 Å². The molecule has 0 saturated heterocycles. The zero-order valence-electron chi connectivity index (χ0n) is 3.96. The summed E-state index contributed by atoms with van der Waals surface area (Å²) >= 11 is 0. The summed E-state index contributed by atoms with van der Waals surface area (Å²) in [6.45, 7) is 0. The Morgan fingerprint density at radius 2 is 2.75 bits per heavy atom. The van der Waals surface area contributed by atoms with Crippen LogP contribution >= 0.6 is 0 Å². The largest absolute Gasteiger partial charge is 0.363 e. The van der Waals surface area contributed by atoms with Gasteiger partial charge in [0.05, 0.1) is 0 Å². The molecule has 1 N–H and O–H groups in total. The Morgan fingerprint density at radius 3 is 3.25 bits per heavy atom. The number of nitrogens with zero attached hydrogens (tertiary/aromatic N) is 2. The van der Waals surface area contributed by atoms with Crippen molar-refractivity contribution in [1.29, 1.82) is 5.26 Å². The molecule has 0 aliphatic rings. The second kappa shape index (κ2) is 1.98. The maximum absolute atomic E-state index is 8.00. The van der Waals surface area contributed by atoms with Crippen molar-refractivity contribution in [3.05, 3.63) is 12.3 Å². The van der Waals surface area contributed by atoms with Gasteiger partial charge in [-0.25, -0.2) is 0 Å². The molecule has 0 saturated carbocycles. The Morgan fingerprint density at radius 1 is 1.88 bits per heavy atom. The first-order valence-electron chi connectivity index (χ1n) is 1.99. The van der Waals surface area contributed by atoms with Gasteiger partial charge in [0.25, 0.3) is 0 Å². The van der Waals surface area contributed by atoms with Gasteiger partial charge in [-0.1, -0.05) is 5.16 Å². The van der Waals surface area contributed by atoms with Gasteiger partial charge in [-0.15, -0.1) is 0 Å². The zero-order valence-corrected chi connectivity index (χ0v) is 3.96. The SMILES string of the molecule is N#CNc1ccon1. The fourth-order valence-corrected chi connectivity index (χ4v) is 0.334. The van der Waals surface area contributed by atoms with Crippen LogP contribution in [0.5, 0.6) is 0 Å². The zero-order chi connectivity index (χ0) is 5.82. The first kappa shape index (κ1) is 4.65. The summed E-state index contributed by atoms with van der Waals surface area (Å²) in [6, 6.07) is 1.56.